The highest BCUT2D eigenvalue weighted by Gasteiger charge is 2.25. The summed E-state index contributed by atoms with van der Waals surface area (Å²) in [6.45, 7) is 2.29. The van der Waals surface area contributed by atoms with Gasteiger partial charge in [-0.2, -0.15) is 0 Å². The molecular weight excluding hydrogens is 289 g/mol. The molecule has 0 amide bonds. The third-order valence-electron chi connectivity index (χ3n) is 4.07. The molecule has 2 unspecified atom stereocenters. The minimum atomic E-state index is 0.278. The first-order valence-corrected chi connectivity index (χ1v) is 7.72. The molecule has 0 heterocycles. The first kappa shape index (κ1) is 13.8. The number of para-hydroxylation sites is 1. The molecule has 0 bridgehead atoms. The summed E-state index contributed by atoms with van der Waals surface area (Å²) in [4.78, 5) is 0. The van der Waals surface area contributed by atoms with Gasteiger partial charge in [0.2, 0.25) is 0 Å². The fourth-order valence-corrected chi connectivity index (χ4v) is 3.47. The SMILES string of the molecule is CC1CCC(Nc2c(Cl)cccc2Cl)c2ccccc21. The predicted octanol–water partition coefficient (Wildman–Crippen LogP) is 6.04. The van der Waals surface area contributed by atoms with Crippen LogP contribution in [0.15, 0.2) is 42.5 Å². The van der Waals surface area contributed by atoms with Crippen LogP contribution < -0.4 is 5.32 Å². The molecule has 2 aromatic carbocycles. The van der Waals surface area contributed by atoms with E-state index in [1.165, 1.54) is 17.5 Å². The van der Waals surface area contributed by atoms with Gasteiger partial charge in [-0.25, -0.2) is 0 Å². The number of anilines is 1. The zero-order valence-electron chi connectivity index (χ0n) is 11.4. The standard InChI is InChI=1S/C17H17Cl2N/c1-11-9-10-16(13-6-3-2-5-12(11)13)20-17-14(18)7-4-8-15(17)19/h2-8,11,16,20H,9-10H2,1H3. The van der Waals surface area contributed by atoms with Crippen molar-refractivity contribution in [2.45, 2.75) is 31.7 Å². The van der Waals surface area contributed by atoms with E-state index < -0.39 is 0 Å². The lowest BCUT2D eigenvalue weighted by atomic mass is 9.81. The number of hydrogen-bond acceptors (Lipinski definition) is 1. The second kappa shape index (κ2) is 5.67. The van der Waals surface area contributed by atoms with Gasteiger partial charge in [0.05, 0.1) is 21.8 Å². The van der Waals surface area contributed by atoms with Crippen LogP contribution in [0.3, 0.4) is 0 Å². The van der Waals surface area contributed by atoms with E-state index in [2.05, 4.69) is 36.5 Å². The van der Waals surface area contributed by atoms with Crippen molar-refractivity contribution < 1.29 is 0 Å². The summed E-state index contributed by atoms with van der Waals surface area (Å²) >= 11 is 12.5. The number of fused-ring (bicyclic) bond motifs is 1. The Morgan fingerprint density at radius 3 is 2.25 bits per heavy atom. The first-order chi connectivity index (χ1) is 9.66. The molecule has 2 aromatic rings. The van der Waals surface area contributed by atoms with Crippen LogP contribution in [-0.4, -0.2) is 0 Å². The van der Waals surface area contributed by atoms with E-state index in [4.69, 9.17) is 23.2 Å². The maximum atomic E-state index is 6.26. The zero-order chi connectivity index (χ0) is 14.1. The minimum absolute atomic E-state index is 0.278. The Bertz CT molecular complexity index is 604. The highest BCUT2D eigenvalue weighted by atomic mass is 35.5. The lowest BCUT2D eigenvalue weighted by molar-refractivity contribution is 0.535. The van der Waals surface area contributed by atoms with Crippen molar-refractivity contribution in [1.82, 2.24) is 0 Å². The molecule has 104 valence electrons. The lowest BCUT2D eigenvalue weighted by Gasteiger charge is -2.31. The highest BCUT2D eigenvalue weighted by molar-refractivity contribution is 6.39. The van der Waals surface area contributed by atoms with Crippen LogP contribution in [0.5, 0.6) is 0 Å². The molecule has 0 saturated carbocycles. The van der Waals surface area contributed by atoms with Gasteiger partial charge in [-0.3, -0.25) is 0 Å². The Hall–Kier alpha value is -1.18. The Balaban J connectivity index is 1.95. The summed E-state index contributed by atoms with van der Waals surface area (Å²) in [6.07, 6.45) is 2.27. The van der Waals surface area contributed by atoms with Crippen LogP contribution >= 0.6 is 23.2 Å². The zero-order valence-corrected chi connectivity index (χ0v) is 12.9. The van der Waals surface area contributed by atoms with E-state index >= 15 is 0 Å². The van der Waals surface area contributed by atoms with Crippen molar-refractivity contribution in [3.8, 4) is 0 Å². The van der Waals surface area contributed by atoms with Gasteiger partial charge in [-0.05, 0) is 42.0 Å². The number of halogens is 2. The van der Waals surface area contributed by atoms with Gasteiger partial charge in [-0.1, -0.05) is 60.5 Å². The van der Waals surface area contributed by atoms with Crippen LogP contribution in [-0.2, 0) is 0 Å². The summed E-state index contributed by atoms with van der Waals surface area (Å²) in [6, 6.07) is 14.5. The van der Waals surface area contributed by atoms with Crippen molar-refractivity contribution in [2.75, 3.05) is 5.32 Å². The van der Waals surface area contributed by atoms with Gasteiger partial charge < -0.3 is 5.32 Å². The van der Waals surface area contributed by atoms with Gasteiger partial charge in [0.1, 0.15) is 0 Å². The molecule has 0 spiro atoms. The fourth-order valence-electron chi connectivity index (χ4n) is 2.96. The van der Waals surface area contributed by atoms with E-state index in [0.29, 0.717) is 16.0 Å². The molecule has 0 radical (unpaired) electrons. The average molecular weight is 306 g/mol. The number of nitrogens with one attached hydrogen (secondary N) is 1. The molecule has 2 atom stereocenters. The molecule has 0 saturated heterocycles. The third kappa shape index (κ3) is 2.53. The van der Waals surface area contributed by atoms with Crippen LogP contribution in [0.4, 0.5) is 5.69 Å². The molecule has 0 aliphatic heterocycles. The van der Waals surface area contributed by atoms with Crippen molar-refractivity contribution in [3.05, 3.63) is 63.6 Å². The fraction of sp³-hybridized carbons (Fsp3) is 0.294. The number of rotatable bonds is 2. The van der Waals surface area contributed by atoms with E-state index in [1.54, 1.807) is 0 Å². The van der Waals surface area contributed by atoms with Gasteiger partial charge in [-0.15, -0.1) is 0 Å². The predicted molar refractivity (Wildman–Crippen MR) is 86.9 cm³/mol. The number of benzene rings is 2. The van der Waals surface area contributed by atoms with E-state index in [0.717, 1.165) is 12.1 Å². The monoisotopic (exact) mass is 305 g/mol. The molecule has 3 heteroatoms. The highest BCUT2D eigenvalue weighted by Crippen LogP contribution is 2.41. The van der Waals surface area contributed by atoms with Crippen LogP contribution in [0.2, 0.25) is 10.0 Å². The summed E-state index contributed by atoms with van der Waals surface area (Å²) in [7, 11) is 0. The Morgan fingerprint density at radius 2 is 1.55 bits per heavy atom. The van der Waals surface area contributed by atoms with Crippen molar-refractivity contribution in [2.24, 2.45) is 0 Å². The smallest absolute Gasteiger partial charge is 0.0723 e. The Labute approximate surface area is 129 Å². The summed E-state index contributed by atoms with van der Waals surface area (Å²) in [5, 5.41) is 4.88. The third-order valence-corrected chi connectivity index (χ3v) is 4.70. The van der Waals surface area contributed by atoms with Crippen LogP contribution in [0.25, 0.3) is 0 Å². The van der Waals surface area contributed by atoms with Crippen molar-refractivity contribution in [1.29, 1.82) is 0 Å². The molecule has 3 rings (SSSR count). The molecular formula is C17H17Cl2N. The van der Waals surface area contributed by atoms with Gasteiger partial charge in [0.15, 0.2) is 0 Å². The van der Waals surface area contributed by atoms with Gasteiger partial charge in [0, 0.05) is 0 Å². The maximum Gasteiger partial charge on any atom is 0.0723 e. The average Bonchev–Trinajstić information content (AvgIpc) is 2.46. The summed E-state index contributed by atoms with van der Waals surface area (Å²) in [5.74, 6) is 0.617. The topological polar surface area (TPSA) is 12.0 Å². The Morgan fingerprint density at radius 1 is 0.900 bits per heavy atom. The summed E-state index contributed by atoms with van der Waals surface area (Å²) in [5.41, 5.74) is 3.63. The van der Waals surface area contributed by atoms with Crippen LogP contribution in [0, 0.1) is 0 Å². The molecule has 20 heavy (non-hydrogen) atoms. The minimum Gasteiger partial charge on any atom is -0.376 e. The quantitative estimate of drug-likeness (QED) is 0.712. The van der Waals surface area contributed by atoms with E-state index in [-0.39, 0.29) is 6.04 Å². The second-order valence-electron chi connectivity index (χ2n) is 5.40. The molecule has 1 N–H and O–H groups in total. The van der Waals surface area contributed by atoms with Crippen molar-refractivity contribution in [3.63, 3.8) is 0 Å². The normalized spacial score (nSPS) is 21.4. The molecule has 1 aliphatic carbocycles. The van der Waals surface area contributed by atoms with Crippen LogP contribution in [0.1, 0.15) is 42.9 Å². The number of hydrogen-bond donors (Lipinski definition) is 1. The van der Waals surface area contributed by atoms with Gasteiger partial charge in [0.25, 0.3) is 0 Å². The van der Waals surface area contributed by atoms with E-state index in [1.807, 2.05) is 18.2 Å². The van der Waals surface area contributed by atoms with Gasteiger partial charge >= 0.3 is 0 Å². The largest absolute Gasteiger partial charge is 0.376 e. The molecule has 0 fully saturated rings. The maximum absolute atomic E-state index is 6.26. The summed E-state index contributed by atoms with van der Waals surface area (Å²) < 4.78 is 0. The van der Waals surface area contributed by atoms with Crippen molar-refractivity contribution >= 4 is 28.9 Å². The van der Waals surface area contributed by atoms with E-state index in [9.17, 15) is 0 Å². The molecule has 1 aliphatic rings. The second-order valence-corrected chi connectivity index (χ2v) is 6.22. The first-order valence-electron chi connectivity index (χ1n) is 6.96. The lowest BCUT2D eigenvalue weighted by Crippen LogP contribution is -2.19. The molecule has 1 nitrogen and oxygen atoms in total. The Kier molecular flexibility index (Phi) is 3.91. The molecule has 0 aromatic heterocycles.